The van der Waals surface area contributed by atoms with Gasteiger partial charge in [-0.25, -0.2) is 4.79 Å². The Balaban J connectivity index is 1.98. The molecule has 2 N–H and O–H groups in total. The van der Waals surface area contributed by atoms with Gasteiger partial charge >= 0.3 is 6.03 Å². The van der Waals surface area contributed by atoms with Crippen molar-refractivity contribution in [2.24, 2.45) is 5.92 Å². The van der Waals surface area contributed by atoms with Gasteiger partial charge in [-0.05, 0) is 44.9 Å². The quantitative estimate of drug-likeness (QED) is 0.891. The SMILES string of the molecule is CCOc1ccc(NC(=O)N2CCCC(C(C)O)C2)cc1Cl. The van der Waals surface area contributed by atoms with Gasteiger partial charge in [0.1, 0.15) is 5.75 Å². The second kappa shape index (κ2) is 7.70. The molecule has 0 aromatic heterocycles. The highest BCUT2D eigenvalue weighted by atomic mass is 35.5. The number of ether oxygens (including phenoxy) is 1. The molecule has 0 radical (unpaired) electrons. The first-order valence-corrected chi connectivity index (χ1v) is 8.05. The van der Waals surface area contributed by atoms with E-state index >= 15 is 0 Å². The number of amides is 2. The Morgan fingerprint density at radius 1 is 1.59 bits per heavy atom. The summed E-state index contributed by atoms with van der Waals surface area (Å²) in [6.07, 6.45) is 1.47. The summed E-state index contributed by atoms with van der Waals surface area (Å²) in [7, 11) is 0. The summed E-state index contributed by atoms with van der Waals surface area (Å²) < 4.78 is 5.37. The largest absolute Gasteiger partial charge is 0.492 e. The van der Waals surface area contributed by atoms with Gasteiger partial charge in [-0.3, -0.25) is 0 Å². The smallest absolute Gasteiger partial charge is 0.321 e. The molecule has 1 aromatic carbocycles. The van der Waals surface area contributed by atoms with Crippen LogP contribution in [0.4, 0.5) is 10.5 Å². The lowest BCUT2D eigenvalue weighted by atomic mass is 9.94. The number of urea groups is 1. The van der Waals surface area contributed by atoms with Crippen LogP contribution < -0.4 is 10.1 Å². The second-order valence-corrected chi connectivity index (χ2v) is 6.00. The fraction of sp³-hybridized carbons (Fsp3) is 0.562. The van der Waals surface area contributed by atoms with Gasteiger partial charge in [0.05, 0.1) is 17.7 Å². The molecule has 0 spiro atoms. The average molecular weight is 327 g/mol. The third-order valence-corrected chi connectivity index (χ3v) is 4.21. The summed E-state index contributed by atoms with van der Waals surface area (Å²) in [6, 6.07) is 5.03. The van der Waals surface area contributed by atoms with Crippen LogP contribution in [0.25, 0.3) is 0 Å². The van der Waals surface area contributed by atoms with Crippen molar-refractivity contribution in [2.45, 2.75) is 32.8 Å². The van der Waals surface area contributed by atoms with E-state index < -0.39 is 6.10 Å². The minimum Gasteiger partial charge on any atom is -0.492 e. The zero-order valence-corrected chi connectivity index (χ0v) is 13.8. The number of nitrogens with zero attached hydrogens (tertiary/aromatic N) is 1. The van der Waals surface area contributed by atoms with Crippen molar-refractivity contribution in [3.8, 4) is 5.75 Å². The fourth-order valence-electron chi connectivity index (χ4n) is 2.64. The molecule has 22 heavy (non-hydrogen) atoms. The summed E-state index contributed by atoms with van der Waals surface area (Å²) in [5, 5.41) is 13.0. The predicted molar refractivity (Wildman–Crippen MR) is 87.6 cm³/mol. The maximum absolute atomic E-state index is 12.3. The van der Waals surface area contributed by atoms with Crippen LogP contribution in [-0.4, -0.2) is 41.8 Å². The highest BCUT2D eigenvalue weighted by Gasteiger charge is 2.26. The Hall–Kier alpha value is -1.46. The molecular formula is C16H23ClN2O3. The van der Waals surface area contributed by atoms with Crippen molar-refractivity contribution in [1.29, 1.82) is 0 Å². The standard InChI is InChI=1S/C16H23ClN2O3/c1-3-22-15-7-6-13(9-14(15)17)18-16(21)19-8-4-5-12(10-19)11(2)20/h6-7,9,11-12,20H,3-5,8,10H2,1-2H3,(H,18,21). The summed E-state index contributed by atoms with van der Waals surface area (Å²) in [4.78, 5) is 14.1. The fourth-order valence-corrected chi connectivity index (χ4v) is 2.88. The lowest BCUT2D eigenvalue weighted by Crippen LogP contribution is -2.44. The van der Waals surface area contributed by atoms with E-state index in [1.54, 1.807) is 30.0 Å². The van der Waals surface area contributed by atoms with Crippen molar-refractivity contribution in [2.75, 3.05) is 25.0 Å². The molecule has 2 rings (SSSR count). The molecule has 5 nitrogen and oxygen atoms in total. The molecule has 1 aliphatic rings. The minimum absolute atomic E-state index is 0.142. The van der Waals surface area contributed by atoms with Crippen LogP contribution in [0.15, 0.2) is 18.2 Å². The zero-order chi connectivity index (χ0) is 16.1. The normalized spacial score (nSPS) is 19.6. The number of benzene rings is 1. The number of halogens is 1. The number of nitrogens with one attached hydrogen (secondary N) is 1. The minimum atomic E-state index is -0.393. The van der Waals surface area contributed by atoms with E-state index in [1.165, 1.54) is 0 Å². The highest BCUT2D eigenvalue weighted by Crippen LogP contribution is 2.28. The number of likely N-dealkylation sites (tertiary alicyclic amines) is 1. The highest BCUT2D eigenvalue weighted by molar-refractivity contribution is 6.32. The number of aliphatic hydroxyl groups is 1. The van der Waals surface area contributed by atoms with Crippen LogP contribution in [-0.2, 0) is 0 Å². The molecular weight excluding hydrogens is 304 g/mol. The van der Waals surface area contributed by atoms with Crippen LogP contribution in [0.1, 0.15) is 26.7 Å². The molecule has 1 aliphatic heterocycles. The van der Waals surface area contributed by atoms with Crippen LogP contribution in [0, 0.1) is 5.92 Å². The Labute approximate surface area is 136 Å². The number of aliphatic hydroxyl groups excluding tert-OH is 1. The molecule has 122 valence electrons. The van der Waals surface area contributed by atoms with Gasteiger partial charge in [0.25, 0.3) is 0 Å². The number of hydrogen-bond acceptors (Lipinski definition) is 3. The molecule has 1 aromatic rings. The van der Waals surface area contributed by atoms with E-state index in [0.717, 1.165) is 12.8 Å². The van der Waals surface area contributed by atoms with Crippen molar-refractivity contribution in [1.82, 2.24) is 4.90 Å². The number of carbonyl (C=O) groups is 1. The molecule has 0 saturated carbocycles. The Kier molecular flexibility index (Phi) is 5.91. The van der Waals surface area contributed by atoms with Crippen LogP contribution >= 0.6 is 11.6 Å². The average Bonchev–Trinajstić information content (AvgIpc) is 2.50. The van der Waals surface area contributed by atoms with Crippen molar-refractivity contribution >= 4 is 23.3 Å². The van der Waals surface area contributed by atoms with Crippen molar-refractivity contribution in [3.63, 3.8) is 0 Å². The first kappa shape index (κ1) is 16.9. The van der Waals surface area contributed by atoms with Crippen molar-refractivity contribution < 1.29 is 14.6 Å². The van der Waals surface area contributed by atoms with Crippen LogP contribution in [0.5, 0.6) is 5.75 Å². The Morgan fingerprint density at radius 3 is 3.00 bits per heavy atom. The maximum Gasteiger partial charge on any atom is 0.321 e. The molecule has 0 aliphatic carbocycles. The molecule has 1 fully saturated rings. The van der Waals surface area contributed by atoms with Gasteiger partial charge in [0.15, 0.2) is 0 Å². The summed E-state index contributed by atoms with van der Waals surface area (Å²) in [5.74, 6) is 0.748. The molecule has 6 heteroatoms. The number of anilines is 1. The third kappa shape index (κ3) is 4.27. The van der Waals surface area contributed by atoms with E-state index in [9.17, 15) is 9.90 Å². The number of rotatable bonds is 4. The number of hydrogen-bond donors (Lipinski definition) is 2. The Bertz CT molecular complexity index is 522. The van der Waals surface area contributed by atoms with E-state index in [-0.39, 0.29) is 11.9 Å². The van der Waals surface area contributed by atoms with Gasteiger partial charge in [-0.1, -0.05) is 11.6 Å². The lowest BCUT2D eigenvalue weighted by molar-refractivity contribution is 0.0766. The maximum atomic E-state index is 12.3. The van der Waals surface area contributed by atoms with E-state index in [1.807, 2.05) is 6.92 Å². The van der Waals surface area contributed by atoms with Gasteiger partial charge < -0.3 is 20.1 Å². The number of carbonyl (C=O) groups excluding carboxylic acids is 1. The van der Waals surface area contributed by atoms with Gasteiger partial charge in [0.2, 0.25) is 0 Å². The molecule has 1 saturated heterocycles. The first-order chi connectivity index (χ1) is 10.5. The number of piperidine rings is 1. The topological polar surface area (TPSA) is 61.8 Å². The molecule has 0 bridgehead atoms. The van der Waals surface area contributed by atoms with E-state index in [4.69, 9.17) is 16.3 Å². The lowest BCUT2D eigenvalue weighted by Gasteiger charge is -2.34. The molecule has 2 unspecified atom stereocenters. The first-order valence-electron chi connectivity index (χ1n) is 7.67. The van der Waals surface area contributed by atoms with Gasteiger partial charge in [-0.15, -0.1) is 0 Å². The second-order valence-electron chi connectivity index (χ2n) is 5.60. The third-order valence-electron chi connectivity index (χ3n) is 3.91. The predicted octanol–water partition coefficient (Wildman–Crippen LogP) is 3.36. The van der Waals surface area contributed by atoms with Crippen LogP contribution in [0.2, 0.25) is 5.02 Å². The zero-order valence-electron chi connectivity index (χ0n) is 13.0. The molecule has 2 amide bonds. The monoisotopic (exact) mass is 326 g/mol. The summed E-state index contributed by atoms with van der Waals surface area (Å²) in [5.41, 5.74) is 0.637. The van der Waals surface area contributed by atoms with Crippen molar-refractivity contribution in [3.05, 3.63) is 23.2 Å². The van der Waals surface area contributed by atoms with Crippen LogP contribution in [0.3, 0.4) is 0 Å². The summed E-state index contributed by atoms with van der Waals surface area (Å²) >= 11 is 6.12. The van der Waals surface area contributed by atoms with E-state index in [2.05, 4.69) is 5.32 Å². The van der Waals surface area contributed by atoms with Gasteiger partial charge in [0, 0.05) is 24.7 Å². The molecule has 2 atom stereocenters. The van der Waals surface area contributed by atoms with Gasteiger partial charge in [-0.2, -0.15) is 0 Å². The molecule has 1 heterocycles. The summed E-state index contributed by atoms with van der Waals surface area (Å²) in [6.45, 7) is 5.49. The Morgan fingerprint density at radius 2 is 2.36 bits per heavy atom. The van der Waals surface area contributed by atoms with E-state index in [0.29, 0.717) is 36.2 Å².